The predicted molar refractivity (Wildman–Crippen MR) is 119 cm³/mol. The van der Waals surface area contributed by atoms with Crippen molar-refractivity contribution in [2.45, 2.75) is 11.4 Å². The highest BCUT2D eigenvalue weighted by molar-refractivity contribution is 7.92. The first-order valence-corrected chi connectivity index (χ1v) is 10.9. The summed E-state index contributed by atoms with van der Waals surface area (Å²) in [7, 11) is 2.24. The van der Waals surface area contributed by atoms with Crippen LogP contribution in [0.3, 0.4) is 0 Å². The van der Waals surface area contributed by atoms with Crippen molar-refractivity contribution in [3.63, 3.8) is 0 Å². The monoisotopic (exact) mass is 443 g/mol. The van der Waals surface area contributed by atoms with Crippen LogP contribution in [-0.2, 0) is 16.6 Å². The second kappa shape index (κ2) is 9.61. The van der Waals surface area contributed by atoms with Gasteiger partial charge in [-0.3, -0.25) is 4.31 Å². The van der Waals surface area contributed by atoms with Crippen molar-refractivity contribution in [2.75, 3.05) is 32.7 Å². The van der Waals surface area contributed by atoms with Crippen molar-refractivity contribution in [1.82, 2.24) is 0 Å². The highest BCUT2D eigenvalue weighted by Gasteiger charge is 2.26. The summed E-state index contributed by atoms with van der Waals surface area (Å²) in [5.41, 5.74) is 1.21. The van der Waals surface area contributed by atoms with Crippen molar-refractivity contribution >= 4 is 15.7 Å². The van der Waals surface area contributed by atoms with Crippen LogP contribution in [-0.4, -0.2) is 36.9 Å². The highest BCUT2D eigenvalue weighted by Crippen LogP contribution is 2.33. The number of nitrogens with zero attached hydrogens (tertiary/aromatic N) is 1. The van der Waals surface area contributed by atoms with Crippen molar-refractivity contribution in [3.05, 3.63) is 72.3 Å². The Balaban J connectivity index is 2.10. The average Bonchev–Trinajstić information content (AvgIpc) is 2.82. The van der Waals surface area contributed by atoms with Crippen LogP contribution in [0.15, 0.2) is 71.6 Å². The second-order valence-electron chi connectivity index (χ2n) is 6.61. The number of anilines is 1. The van der Waals surface area contributed by atoms with Gasteiger partial charge in [0.2, 0.25) is 0 Å². The summed E-state index contributed by atoms with van der Waals surface area (Å²) in [6.45, 7) is 0.106. The van der Waals surface area contributed by atoms with E-state index in [4.69, 9.17) is 18.9 Å². The van der Waals surface area contributed by atoms with Crippen LogP contribution in [0, 0.1) is 0 Å². The number of rotatable bonds is 9. The molecule has 0 saturated heterocycles. The number of hydrogen-bond donors (Lipinski definition) is 0. The SMILES string of the molecule is COc1ccc(CN(c2cc(OC)cc(OC)c2)S(=O)(=O)c2ccc(OC)cc2)cc1. The first kappa shape index (κ1) is 22.3. The van der Waals surface area contributed by atoms with Gasteiger partial charge in [0.25, 0.3) is 10.0 Å². The Labute approximate surface area is 182 Å². The Morgan fingerprint density at radius 1 is 0.645 bits per heavy atom. The van der Waals surface area contributed by atoms with Crippen LogP contribution in [0.25, 0.3) is 0 Å². The summed E-state index contributed by atoms with van der Waals surface area (Å²) >= 11 is 0. The van der Waals surface area contributed by atoms with E-state index in [1.54, 1.807) is 49.6 Å². The van der Waals surface area contributed by atoms with Gasteiger partial charge in [-0.2, -0.15) is 0 Å². The van der Waals surface area contributed by atoms with Gasteiger partial charge in [0, 0.05) is 18.2 Å². The zero-order valence-corrected chi connectivity index (χ0v) is 18.7. The molecule has 0 atom stereocenters. The molecule has 3 aromatic carbocycles. The molecule has 0 heterocycles. The van der Waals surface area contributed by atoms with Crippen molar-refractivity contribution < 1.29 is 27.4 Å². The van der Waals surface area contributed by atoms with E-state index < -0.39 is 10.0 Å². The molecule has 0 amide bonds. The summed E-state index contributed by atoms with van der Waals surface area (Å²) in [5, 5.41) is 0. The Hall–Kier alpha value is -3.39. The van der Waals surface area contributed by atoms with E-state index in [1.807, 2.05) is 12.1 Å². The smallest absolute Gasteiger partial charge is 0.264 e. The largest absolute Gasteiger partial charge is 0.497 e. The molecule has 0 aromatic heterocycles. The lowest BCUT2D eigenvalue weighted by molar-refractivity contribution is 0.394. The molecule has 0 radical (unpaired) electrons. The Kier molecular flexibility index (Phi) is 6.91. The van der Waals surface area contributed by atoms with E-state index in [2.05, 4.69) is 0 Å². The van der Waals surface area contributed by atoms with E-state index in [1.165, 1.54) is 37.8 Å². The average molecular weight is 444 g/mol. The molecule has 0 fully saturated rings. The maximum atomic E-state index is 13.6. The third kappa shape index (κ3) is 5.03. The summed E-state index contributed by atoms with van der Waals surface area (Å²) in [4.78, 5) is 0.142. The van der Waals surface area contributed by atoms with E-state index in [0.717, 1.165) is 5.56 Å². The van der Waals surface area contributed by atoms with E-state index in [9.17, 15) is 8.42 Å². The molecule has 0 bridgehead atoms. The molecule has 0 saturated carbocycles. The zero-order chi connectivity index (χ0) is 22.4. The van der Waals surface area contributed by atoms with E-state index >= 15 is 0 Å². The summed E-state index contributed by atoms with van der Waals surface area (Å²) in [6, 6.07) is 18.5. The maximum Gasteiger partial charge on any atom is 0.264 e. The normalized spacial score (nSPS) is 11.0. The lowest BCUT2D eigenvalue weighted by atomic mass is 10.2. The zero-order valence-electron chi connectivity index (χ0n) is 17.9. The van der Waals surface area contributed by atoms with Crippen molar-refractivity contribution in [2.24, 2.45) is 0 Å². The minimum absolute atomic E-state index is 0.106. The quantitative estimate of drug-likeness (QED) is 0.495. The number of benzene rings is 3. The van der Waals surface area contributed by atoms with Gasteiger partial charge in [-0.15, -0.1) is 0 Å². The number of ether oxygens (including phenoxy) is 4. The Morgan fingerprint density at radius 3 is 1.55 bits per heavy atom. The third-order valence-electron chi connectivity index (χ3n) is 4.76. The fourth-order valence-corrected chi connectivity index (χ4v) is 4.46. The first-order valence-electron chi connectivity index (χ1n) is 9.44. The number of sulfonamides is 1. The van der Waals surface area contributed by atoms with Crippen molar-refractivity contribution in [3.8, 4) is 23.0 Å². The molecule has 0 N–H and O–H groups in total. The van der Waals surface area contributed by atoms with Gasteiger partial charge in [-0.25, -0.2) is 8.42 Å². The number of hydrogen-bond acceptors (Lipinski definition) is 6. The first-order chi connectivity index (χ1) is 14.9. The molecule has 3 rings (SSSR count). The lowest BCUT2D eigenvalue weighted by Gasteiger charge is -2.26. The minimum Gasteiger partial charge on any atom is -0.497 e. The van der Waals surface area contributed by atoms with E-state index in [-0.39, 0.29) is 11.4 Å². The standard InChI is InChI=1S/C23H25NO6S/c1-27-19-7-5-17(6-8-19)16-24(18-13-21(29-3)15-22(14-18)30-4)31(25,26)23-11-9-20(28-2)10-12-23/h5-15H,16H2,1-4H3. The van der Waals surface area contributed by atoms with Crippen LogP contribution in [0.4, 0.5) is 5.69 Å². The fourth-order valence-electron chi connectivity index (χ4n) is 3.02. The highest BCUT2D eigenvalue weighted by atomic mass is 32.2. The topological polar surface area (TPSA) is 74.3 Å². The molecule has 31 heavy (non-hydrogen) atoms. The molecule has 0 aliphatic heterocycles. The van der Waals surface area contributed by atoms with Crippen LogP contribution >= 0.6 is 0 Å². The van der Waals surface area contributed by atoms with Gasteiger partial charge in [-0.05, 0) is 42.0 Å². The van der Waals surface area contributed by atoms with Gasteiger partial charge in [0.1, 0.15) is 23.0 Å². The predicted octanol–water partition coefficient (Wildman–Crippen LogP) is 4.12. The molecule has 0 aliphatic rings. The molecule has 8 heteroatoms. The van der Waals surface area contributed by atoms with Gasteiger partial charge in [-0.1, -0.05) is 12.1 Å². The molecule has 0 unspecified atom stereocenters. The van der Waals surface area contributed by atoms with Gasteiger partial charge in [0.05, 0.1) is 45.6 Å². The van der Waals surface area contributed by atoms with E-state index in [0.29, 0.717) is 28.7 Å². The molecule has 0 spiro atoms. The van der Waals surface area contributed by atoms with Gasteiger partial charge >= 0.3 is 0 Å². The third-order valence-corrected chi connectivity index (χ3v) is 6.54. The fraction of sp³-hybridized carbons (Fsp3) is 0.217. The van der Waals surface area contributed by atoms with Crippen LogP contribution in [0.5, 0.6) is 23.0 Å². The summed E-state index contributed by atoms with van der Waals surface area (Å²) in [6.07, 6.45) is 0. The lowest BCUT2D eigenvalue weighted by Crippen LogP contribution is -2.30. The van der Waals surface area contributed by atoms with Crippen molar-refractivity contribution in [1.29, 1.82) is 0 Å². The Bertz CT molecular complexity index is 1090. The molecule has 7 nitrogen and oxygen atoms in total. The van der Waals surface area contributed by atoms with Gasteiger partial charge in [0.15, 0.2) is 0 Å². The molecular formula is C23H25NO6S. The van der Waals surface area contributed by atoms with Crippen LogP contribution < -0.4 is 23.3 Å². The molecule has 164 valence electrons. The minimum atomic E-state index is -3.91. The number of methoxy groups -OCH3 is 4. The summed E-state index contributed by atoms with van der Waals surface area (Å²) in [5.74, 6) is 2.23. The van der Waals surface area contributed by atoms with Gasteiger partial charge < -0.3 is 18.9 Å². The maximum absolute atomic E-state index is 13.6. The molecule has 0 aliphatic carbocycles. The molecular weight excluding hydrogens is 418 g/mol. The summed E-state index contributed by atoms with van der Waals surface area (Å²) < 4.78 is 49.6. The molecule has 3 aromatic rings. The second-order valence-corrected chi connectivity index (χ2v) is 8.47. The Morgan fingerprint density at radius 2 is 1.10 bits per heavy atom. The van der Waals surface area contributed by atoms with Crippen LogP contribution in [0.2, 0.25) is 0 Å². The van der Waals surface area contributed by atoms with Crippen LogP contribution in [0.1, 0.15) is 5.56 Å².